The van der Waals surface area contributed by atoms with E-state index in [2.05, 4.69) is 55.1 Å². The van der Waals surface area contributed by atoms with Crippen LogP contribution in [0.15, 0.2) is 23.3 Å². The van der Waals surface area contributed by atoms with Crippen molar-refractivity contribution < 1.29 is 4.74 Å². The molecule has 0 aliphatic heterocycles. The molecular weight excluding hydrogens is 465 g/mol. The number of nitrogens with zero attached hydrogens (tertiary/aromatic N) is 3. The van der Waals surface area contributed by atoms with Crippen LogP contribution in [0.2, 0.25) is 0 Å². The molecule has 1 unspecified atom stereocenters. The maximum Gasteiger partial charge on any atom is 0.213 e. The lowest BCUT2D eigenvalue weighted by Crippen LogP contribution is -2.42. The molecule has 1 aromatic rings. The number of guanidine groups is 1. The van der Waals surface area contributed by atoms with Gasteiger partial charge in [-0.25, -0.2) is 9.98 Å². The predicted molar refractivity (Wildman–Crippen MR) is 130 cm³/mol. The molecule has 0 aromatic carbocycles. The first kappa shape index (κ1) is 26.9. The molecule has 7 heteroatoms. The lowest BCUT2D eigenvalue weighted by Gasteiger charge is -2.21. The molecule has 1 atom stereocenters. The highest BCUT2D eigenvalue weighted by atomic mass is 127. The maximum absolute atomic E-state index is 5.52. The lowest BCUT2D eigenvalue weighted by atomic mass is 10.2. The molecule has 1 aromatic heterocycles. The van der Waals surface area contributed by atoms with Crippen LogP contribution in [0.25, 0.3) is 0 Å². The fourth-order valence-electron chi connectivity index (χ4n) is 2.75. The Kier molecular flexibility index (Phi) is 16.2. The number of ether oxygens (including phenoxy) is 1. The number of halogens is 1. The summed E-state index contributed by atoms with van der Waals surface area (Å²) >= 11 is 0. The summed E-state index contributed by atoms with van der Waals surface area (Å²) in [6.07, 6.45) is 5.15. The highest BCUT2D eigenvalue weighted by Crippen LogP contribution is 2.09. The second-order valence-corrected chi connectivity index (χ2v) is 6.76. The molecule has 0 amide bonds. The first-order chi connectivity index (χ1) is 13.1. The number of pyridine rings is 1. The number of hydrogen-bond acceptors (Lipinski definition) is 4. The molecule has 0 aliphatic rings. The van der Waals surface area contributed by atoms with Gasteiger partial charge in [-0.2, -0.15) is 0 Å². The van der Waals surface area contributed by atoms with Crippen molar-refractivity contribution in [3.8, 4) is 5.88 Å². The molecule has 6 nitrogen and oxygen atoms in total. The topological polar surface area (TPSA) is 61.8 Å². The Morgan fingerprint density at radius 3 is 2.54 bits per heavy atom. The lowest BCUT2D eigenvalue weighted by molar-refractivity contribution is 0.292. The number of nitrogens with one attached hydrogen (secondary N) is 2. The van der Waals surface area contributed by atoms with Gasteiger partial charge >= 0.3 is 0 Å². The zero-order valence-electron chi connectivity index (χ0n) is 18.3. The molecule has 0 fully saturated rings. The minimum atomic E-state index is 0. The van der Waals surface area contributed by atoms with Crippen LogP contribution in [0, 0.1) is 0 Å². The summed E-state index contributed by atoms with van der Waals surface area (Å²) in [5, 5.41) is 6.84. The Balaban J connectivity index is 0.00000729. The highest BCUT2D eigenvalue weighted by Gasteiger charge is 2.07. The van der Waals surface area contributed by atoms with Gasteiger partial charge in [0.1, 0.15) is 0 Å². The van der Waals surface area contributed by atoms with Crippen LogP contribution in [0.4, 0.5) is 0 Å². The normalized spacial score (nSPS) is 12.4. The molecule has 162 valence electrons. The summed E-state index contributed by atoms with van der Waals surface area (Å²) in [6.45, 7) is 16.4. The Bertz CT molecular complexity index is 520. The van der Waals surface area contributed by atoms with Crippen molar-refractivity contribution in [3.05, 3.63) is 23.9 Å². The standard InChI is InChI=1S/C21H39N5O.HI/c1-6-15-27-20-13-12-19(16-23-20)17-24-21(22-7-2)25-18(5)11-10-14-26(8-3)9-4;/h12-13,16,18H,6-11,14-15,17H2,1-5H3,(H2,22,24,25);1H. The monoisotopic (exact) mass is 505 g/mol. The Labute approximate surface area is 189 Å². The Morgan fingerprint density at radius 1 is 1.21 bits per heavy atom. The van der Waals surface area contributed by atoms with E-state index >= 15 is 0 Å². The zero-order chi connectivity index (χ0) is 19.9. The average molecular weight is 505 g/mol. The number of aromatic nitrogens is 1. The van der Waals surface area contributed by atoms with Gasteiger partial charge in [-0.15, -0.1) is 24.0 Å². The molecule has 2 N–H and O–H groups in total. The van der Waals surface area contributed by atoms with E-state index in [1.165, 1.54) is 6.42 Å². The van der Waals surface area contributed by atoms with E-state index in [4.69, 9.17) is 9.73 Å². The maximum atomic E-state index is 5.52. The molecule has 28 heavy (non-hydrogen) atoms. The van der Waals surface area contributed by atoms with Gasteiger partial charge in [0, 0.05) is 24.8 Å². The van der Waals surface area contributed by atoms with Gasteiger partial charge in [0.2, 0.25) is 5.88 Å². The quantitative estimate of drug-likeness (QED) is 0.241. The third-order valence-corrected chi connectivity index (χ3v) is 4.40. The third-order valence-electron chi connectivity index (χ3n) is 4.40. The van der Waals surface area contributed by atoms with E-state index < -0.39 is 0 Å². The number of rotatable bonds is 13. The van der Waals surface area contributed by atoms with Gasteiger partial charge in [0.25, 0.3) is 0 Å². The minimum absolute atomic E-state index is 0. The van der Waals surface area contributed by atoms with Crippen LogP contribution in [0.5, 0.6) is 5.88 Å². The van der Waals surface area contributed by atoms with Crippen LogP contribution in [-0.4, -0.2) is 54.7 Å². The Hall–Kier alpha value is -1.09. The number of aliphatic imine (C=N–C) groups is 1. The molecule has 0 spiro atoms. The van der Waals surface area contributed by atoms with Gasteiger partial charge in [-0.05, 0) is 58.3 Å². The van der Waals surface area contributed by atoms with Crippen LogP contribution in [-0.2, 0) is 6.54 Å². The van der Waals surface area contributed by atoms with E-state index in [0.29, 0.717) is 25.1 Å². The first-order valence-electron chi connectivity index (χ1n) is 10.5. The summed E-state index contributed by atoms with van der Waals surface area (Å²) in [4.78, 5) is 11.5. The van der Waals surface area contributed by atoms with Crippen LogP contribution < -0.4 is 15.4 Å². The van der Waals surface area contributed by atoms with Crippen molar-refractivity contribution in [2.24, 2.45) is 4.99 Å². The smallest absolute Gasteiger partial charge is 0.213 e. The van der Waals surface area contributed by atoms with E-state index in [1.807, 2.05) is 18.3 Å². The van der Waals surface area contributed by atoms with Gasteiger partial charge in [-0.1, -0.05) is 26.8 Å². The van der Waals surface area contributed by atoms with Gasteiger partial charge in [0.05, 0.1) is 13.2 Å². The van der Waals surface area contributed by atoms with E-state index in [-0.39, 0.29) is 24.0 Å². The Morgan fingerprint density at radius 2 is 1.96 bits per heavy atom. The molecule has 0 radical (unpaired) electrons. The van der Waals surface area contributed by atoms with Crippen LogP contribution >= 0.6 is 24.0 Å². The third kappa shape index (κ3) is 11.7. The van der Waals surface area contributed by atoms with Crippen molar-refractivity contribution in [2.75, 3.05) is 32.8 Å². The molecule has 1 heterocycles. The molecule has 1 rings (SSSR count). The van der Waals surface area contributed by atoms with E-state index in [0.717, 1.165) is 50.5 Å². The van der Waals surface area contributed by atoms with Crippen molar-refractivity contribution >= 4 is 29.9 Å². The fourth-order valence-corrected chi connectivity index (χ4v) is 2.75. The number of hydrogen-bond donors (Lipinski definition) is 2. The molecular formula is C21H40IN5O. The summed E-state index contributed by atoms with van der Waals surface area (Å²) < 4.78 is 5.52. The second kappa shape index (κ2) is 16.8. The van der Waals surface area contributed by atoms with Crippen molar-refractivity contribution in [2.45, 2.75) is 66.5 Å². The highest BCUT2D eigenvalue weighted by molar-refractivity contribution is 14.0. The predicted octanol–water partition coefficient (Wildman–Crippen LogP) is 4.05. The summed E-state index contributed by atoms with van der Waals surface area (Å²) in [5.41, 5.74) is 1.07. The molecule has 0 aliphatic carbocycles. The molecule has 0 bridgehead atoms. The van der Waals surface area contributed by atoms with Gasteiger partial charge in [-0.3, -0.25) is 0 Å². The van der Waals surface area contributed by atoms with Crippen molar-refractivity contribution in [1.29, 1.82) is 0 Å². The van der Waals surface area contributed by atoms with Crippen LogP contribution in [0.3, 0.4) is 0 Å². The summed E-state index contributed by atoms with van der Waals surface area (Å²) in [5.74, 6) is 1.54. The second-order valence-electron chi connectivity index (χ2n) is 6.76. The van der Waals surface area contributed by atoms with Crippen LogP contribution in [0.1, 0.15) is 59.4 Å². The SMILES string of the molecule is CCCOc1ccc(CN=C(NCC)NC(C)CCCN(CC)CC)cn1.I. The van der Waals surface area contributed by atoms with Crippen molar-refractivity contribution in [1.82, 2.24) is 20.5 Å². The zero-order valence-corrected chi connectivity index (χ0v) is 20.7. The molecule has 0 saturated heterocycles. The fraction of sp³-hybridized carbons (Fsp3) is 0.714. The first-order valence-corrected chi connectivity index (χ1v) is 10.5. The summed E-state index contributed by atoms with van der Waals surface area (Å²) in [6, 6.07) is 4.33. The largest absolute Gasteiger partial charge is 0.478 e. The van der Waals surface area contributed by atoms with E-state index in [9.17, 15) is 0 Å². The average Bonchev–Trinajstić information content (AvgIpc) is 2.69. The van der Waals surface area contributed by atoms with Gasteiger partial charge < -0.3 is 20.3 Å². The van der Waals surface area contributed by atoms with E-state index in [1.54, 1.807) is 0 Å². The van der Waals surface area contributed by atoms with Gasteiger partial charge in [0.15, 0.2) is 5.96 Å². The van der Waals surface area contributed by atoms with Crippen molar-refractivity contribution in [3.63, 3.8) is 0 Å². The molecule has 0 saturated carbocycles. The summed E-state index contributed by atoms with van der Waals surface area (Å²) in [7, 11) is 0. The minimum Gasteiger partial charge on any atom is -0.478 e.